The monoisotopic (exact) mass is 323 g/mol. The highest BCUT2D eigenvalue weighted by molar-refractivity contribution is 6.30. The van der Waals surface area contributed by atoms with E-state index in [-0.39, 0.29) is 17.4 Å². The van der Waals surface area contributed by atoms with E-state index in [1.54, 1.807) is 11.9 Å². The van der Waals surface area contributed by atoms with Crippen LogP contribution in [0.3, 0.4) is 0 Å². The standard InChI is InChI=1S/C16H22ClN3O2/c1-16(2,11-5-4-6-12(17)9-11)10-18-15(22)19-13-7-8-20(3)14(13)21/h4-6,9,13H,7-8,10H2,1-3H3,(H2,18,19,22)/t13-/m0/s1. The van der Waals surface area contributed by atoms with Crippen molar-refractivity contribution in [3.63, 3.8) is 0 Å². The summed E-state index contributed by atoms with van der Waals surface area (Å²) in [6.07, 6.45) is 0.653. The predicted molar refractivity (Wildman–Crippen MR) is 87.1 cm³/mol. The molecule has 0 spiro atoms. The molecule has 6 heteroatoms. The van der Waals surface area contributed by atoms with Crippen LogP contribution in [0.2, 0.25) is 5.02 Å². The highest BCUT2D eigenvalue weighted by Gasteiger charge is 2.30. The molecule has 120 valence electrons. The molecule has 3 amide bonds. The molecule has 1 atom stereocenters. The highest BCUT2D eigenvalue weighted by atomic mass is 35.5. The van der Waals surface area contributed by atoms with Gasteiger partial charge in [0, 0.05) is 30.6 Å². The number of hydrogen-bond donors (Lipinski definition) is 2. The smallest absolute Gasteiger partial charge is 0.315 e. The van der Waals surface area contributed by atoms with E-state index < -0.39 is 6.04 Å². The number of carbonyl (C=O) groups is 2. The lowest BCUT2D eigenvalue weighted by Crippen LogP contribution is -2.48. The van der Waals surface area contributed by atoms with Crippen LogP contribution in [-0.4, -0.2) is 43.0 Å². The van der Waals surface area contributed by atoms with E-state index in [0.717, 1.165) is 5.56 Å². The van der Waals surface area contributed by atoms with Gasteiger partial charge in [-0.15, -0.1) is 0 Å². The number of urea groups is 1. The summed E-state index contributed by atoms with van der Waals surface area (Å²) in [7, 11) is 1.74. The number of benzene rings is 1. The predicted octanol–water partition coefficient (Wildman–Crippen LogP) is 2.15. The summed E-state index contributed by atoms with van der Waals surface area (Å²) in [5.74, 6) is -0.0377. The number of nitrogens with one attached hydrogen (secondary N) is 2. The molecule has 0 unspecified atom stereocenters. The van der Waals surface area contributed by atoms with Crippen molar-refractivity contribution in [2.75, 3.05) is 20.1 Å². The molecular weight excluding hydrogens is 302 g/mol. The quantitative estimate of drug-likeness (QED) is 0.892. The van der Waals surface area contributed by atoms with Gasteiger partial charge in [0.05, 0.1) is 0 Å². The Kier molecular flexibility index (Phi) is 4.96. The van der Waals surface area contributed by atoms with Crippen LogP contribution >= 0.6 is 11.6 Å². The number of rotatable bonds is 4. The number of hydrogen-bond acceptors (Lipinski definition) is 2. The second kappa shape index (κ2) is 6.57. The molecule has 2 N–H and O–H groups in total. The van der Waals surface area contributed by atoms with Crippen LogP contribution in [-0.2, 0) is 10.2 Å². The van der Waals surface area contributed by atoms with E-state index in [1.165, 1.54) is 0 Å². The van der Waals surface area contributed by atoms with Gasteiger partial charge in [0.2, 0.25) is 5.91 Å². The van der Waals surface area contributed by atoms with E-state index >= 15 is 0 Å². The third-order valence-electron chi connectivity index (χ3n) is 4.03. The van der Waals surface area contributed by atoms with Gasteiger partial charge in [-0.2, -0.15) is 0 Å². The van der Waals surface area contributed by atoms with Crippen molar-refractivity contribution in [1.29, 1.82) is 0 Å². The zero-order valence-electron chi connectivity index (χ0n) is 13.1. The first-order chi connectivity index (χ1) is 10.3. The van der Waals surface area contributed by atoms with E-state index in [4.69, 9.17) is 11.6 Å². The van der Waals surface area contributed by atoms with Crippen LogP contribution in [0.4, 0.5) is 4.79 Å². The van der Waals surface area contributed by atoms with Crippen LogP contribution in [0.1, 0.15) is 25.8 Å². The lowest BCUT2D eigenvalue weighted by Gasteiger charge is -2.26. The Labute approximate surface area is 136 Å². The molecule has 1 heterocycles. The van der Waals surface area contributed by atoms with Gasteiger partial charge in [0.1, 0.15) is 6.04 Å². The third-order valence-corrected chi connectivity index (χ3v) is 4.26. The number of amides is 3. The van der Waals surface area contributed by atoms with Crippen LogP contribution in [0.25, 0.3) is 0 Å². The Morgan fingerprint density at radius 3 is 2.77 bits per heavy atom. The summed E-state index contributed by atoms with van der Waals surface area (Å²) >= 11 is 6.01. The molecule has 0 saturated carbocycles. The maximum Gasteiger partial charge on any atom is 0.315 e. The van der Waals surface area contributed by atoms with E-state index in [0.29, 0.717) is 24.5 Å². The molecule has 0 radical (unpaired) electrons. The minimum absolute atomic E-state index is 0.0377. The molecule has 22 heavy (non-hydrogen) atoms. The molecule has 0 aliphatic carbocycles. The average molecular weight is 324 g/mol. The summed E-state index contributed by atoms with van der Waals surface area (Å²) in [5, 5.41) is 6.24. The minimum Gasteiger partial charge on any atom is -0.344 e. The molecule has 1 aliphatic heterocycles. The molecule has 1 fully saturated rings. The summed E-state index contributed by atoms with van der Waals surface area (Å²) in [5.41, 5.74) is 0.801. The number of likely N-dealkylation sites (N-methyl/N-ethyl adjacent to an activating group) is 1. The van der Waals surface area contributed by atoms with Crippen LogP contribution in [0, 0.1) is 0 Å². The second-order valence-corrected chi connectivity index (χ2v) is 6.76. The Morgan fingerprint density at radius 1 is 1.45 bits per heavy atom. The molecule has 1 saturated heterocycles. The Balaban J connectivity index is 1.89. The van der Waals surface area contributed by atoms with Gasteiger partial charge in [-0.1, -0.05) is 37.6 Å². The Morgan fingerprint density at radius 2 is 2.18 bits per heavy atom. The third kappa shape index (κ3) is 3.91. The topological polar surface area (TPSA) is 61.4 Å². The van der Waals surface area contributed by atoms with Crippen molar-refractivity contribution < 1.29 is 9.59 Å². The van der Waals surface area contributed by atoms with E-state index in [2.05, 4.69) is 10.6 Å². The largest absolute Gasteiger partial charge is 0.344 e. The lowest BCUT2D eigenvalue weighted by atomic mass is 9.85. The van der Waals surface area contributed by atoms with Crippen molar-refractivity contribution in [2.24, 2.45) is 0 Å². The van der Waals surface area contributed by atoms with Gasteiger partial charge in [-0.05, 0) is 24.1 Å². The molecular formula is C16H22ClN3O2. The molecule has 0 aromatic heterocycles. The summed E-state index contributed by atoms with van der Waals surface area (Å²) in [6, 6.07) is 6.87. The van der Waals surface area contributed by atoms with E-state index in [1.807, 2.05) is 38.1 Å². The van der Waals surface area contributed by atoms with Gasteiger partial charge in [0.15, 0.2) is 0 Å². The zero-order chi connectivity index (χ0) is 16.3. The Hall–Kier alpha value is -1.75. The maximum absolute atomic E-state index is 12.0. The number of halogens is 1. The molecule has 0 bridgehead atoms. The fourth-order valence-corrected chi connectivity index (χ4v) is 2.67. The van der Waals surface area contributed by atoms with Crippen LogP contribution < -0.4 is 10.6 Å². The lowest BCUT2D eigenvalue weighted by molar-refractivity contribution is -0.128. The van der Waals surface area contributed by atoms with E-state index in [9.17, 15) is 9.59 Å². The fraction of sp³-hybridized carbons (Fsp3) is 0.500. The van der Waals surface area contributed by atoms with Crippen molar-refractivity contribution >= 4 is 23.5 Å². The first kappa shape index (κ1) is 16.6. The fourth-order valence-electron chi connectivity index (χ4n) is 2.48. The Bertz CT molecular complexity index is 574. The van der Waals surface area contributed by atoms with Gasteiger partial charge < -0.3 is 15.5 Å². The number of likely N-dealkylation sites (tertiary alicyclic amines) is 1. The summed E-state index contributed by atoms with van der Waals surface area (Å²) in [6.45, 7) is 5.20. The molecule has 1 aromatic rings. The maximum atomic E-state index is 12.0. The normalized spacial score (nSPS) is 18.5. The first-order valence-electron chi connectivity index (χ1n) is 7.35. The van der Waals surface area contributed by atoms with Gasteiger partial charge in [-0.3, -0.25) is 4.79 Å². The number of nitrogens with zero attached hydrogens (tertiary/aromatic N) is 1. The van der Waals surface area contributed by atoms with Crippen molar-refractivity contribution in [2.45, 2.75) is 31.7 Å². The molecule has 1 aliphatic rings. The molecule has 2 rings (SSSR count). The number of carbonyl (C=O) groups excluding carboxylic acids is 2. The molecule has 5 nitrogen and oxygen atoms in total. The van der Waals surface area contributed by atoms with Crippen LogP contribution in [0.5, 0.6) is 0 Å². The van der Waals surface area contributed by atoms with Gasteiger partial charge in [-0.25, -0.2) is 4.79 Å². The van der Waals surface area contributed by atoms with Crippen molar-refractivity contribution in [1.82, 2.24) is 15.5 Å². The molecule has 1 aromatic carbocycles. The zero-order valence-corrected chi connectivity index (χ0v) is 13.9. The average Bonchev–Trinajstić information content (AvgIpc) is 2.77. The highest BCUT2D eigenvalue weighted by Crippen LogP contribution is 2.24. The van der Waals surface area contributed by atoms with Gasteiger partial charge in [0.25, 0.3) is 0 Å². The van der Waals surface area contributed by atoms with Crippen molar-refractivity contribution in [3.8, 4) is 0 Å². The van der Waals surface area contributed by atoms with Crippen LogP contribution in [0.15, 0.2) is 24.3 Å². The SMILES string of the molecule is CN1CC[C@H](NC(=O)NCC(C)(C)c2cccc(Cl)c2)C1=O. The van der Waals surface area contributed by atoms with Crippen molar-refractivity contribution in [3.05, 3.63) is 34.9 Å². The first-order valence-corrected chi connectivity index (χ1v) is 7.73. The van der Waals surface area contributed by atoms with Gasteiger partial charge >= 0.3 is 6.03 Å². The minimum atomic E-state index is -0.417. The second-order valence-electron chi connectivity index (χ2n) is 6.32. The summed E-state index contributed by atoms with van der Waals surface area (Å²) in [4.78, 5) is 25.4. The summed E-state index contributed by atoms with van der Waals surface area (Å²) < 4.78 is 0.